The zero-order chi connectivity index (χ0) is 19.3. The molecule has 9 heteroatoms. The molecular weight excluding hydrogens is 368 g/mol. The first kappa shape index (κ1) is 18.2. The minimum Gasteiger partial charge on any atom is -0.383 e. The Labute approximate surface area is 160 Å². The molecule has 146 valence electrons. The molecule has 2 aromatic rings. The van der Waals surface area contributed by atoms with E-state index in [1.807, 2.05) is 6.92 Å². The number of thiophene rings is 1. The van der Waals surface area contributed by atoms with E-state index in [1.165, 1.54) is 15.9 Å². The lowest BCUT2D eigenvalue weighted by Gasteiger charge is -2.12. The highest BCUT2D eigenvalue weighted by Gasteiger charge is 2.38. The van der Waals surface area contributed by atoms with Crippen molar-refractivity contribution < 1.29 is 9.53 Å². The summed E-state index contributed by atoms with van der Waals surface area (Å²) in [6, 6.07) is -0.108. The number of amides is 2. The van der Waals surface area contributed by atoms with Crippen molar-refractivity contribution in [3.05, 3.63) is 31.3 Å². The Morgan fingerprint density at radius 2 is 2.04 bits per heavy atom. The van der Waals surface area contributed by atoms with Crippen LogP contribution in [-0.4, -0.2) is 46.9 Å². The van der Waals surface area contributed by atoms with Crippen molar-refractivity contribution in [2.75, 3.05) is 26.8 Å². The van der Waals surface area contributed by atoms with Gasteiger partial charge in [-0.1, -0.05) is 6.92 Å². The summed E-state index contributed by atoms with van der Waals surface area (Å²) >= 11 is 1.43. The molecule has 1 aliphatic heterocycles. The molecule has 2 fully saturated rings. The van der Waals surface area contributed by atoms with E-state index in [0.29, 0.717) is 48.9 Å². The van der Waals surface area contributed by atoms with Gasteiger partial charge in [0.2, 0.25) is 0 Å². The summed E-state index contributed by atoms with van der Waals surface area (Å²) in [6.45, 7) is 6.49. The first-order valence-corrected chi connectivity index (χ1v) is 10.0. The number of urea groups is 1. The van der Waals surface area contributed by atoms with Crippen molar-refractivity contribution in [2.45, 2.75) is 39.4 Å². The van der Waals surface area contributed by atoms with E-state index in [0.717, 1.165) is 16.9 Å². The Hall–Kier alpha value is -2.13. The van der Waals surface area contributed by atoms with Crippen LogP contribution in [0.1, 0.15) is 29.8 Å². The predicted molar refractivity (Wildman–Crippen MR) is 104 cm³/mol. The normalized spacial score (nSPS) is 21.9. The van der Waals surface area contributed by atoms with Gasteiger partial charge in [0.05, 0.1) is 25.1 Å². The third-order valence-corrected chi connectivity index (χ3v) is 6.84. The molecular formula is C18H24N4O4S. The molecule has 2 amide bonds. The SMILES string of the molecule is COCCn1c(=O)n(C2C[C@@H]2C)c(=O)c2c(C)c(CN3CCNC3=O)sc21. The number of carbonyl (C=O) groups excluding carboxylic acids is 1. The summed E-state index contributed by atoms with van der Waals surface area (Å²) < 4.78 is 8.26. The van der Waals surface area contributed by atoms with Crippen LogP contribution < -0.4 is 16.6 Å². The molecule has 2 atom stereocenters. The van der Waals surface area contributed by atoms with E-state index in [2.05, 4.69) is 12.2 Å². The van der Waals surface area contributed by atoms with E-state index in [-0.39, 0.29) is 23.3 Å². The summed E-state index contributed by atoms with van der Waals surface area (Å²) in [5.41, 5.74) is 0.405. The van der Waals surface area contributed by atoms with Crippen LogP contribution in [0.5, 0.6) is 0 Å². The summed E-state index contributed by atoms with van der Waals surface area (Å²) in [4.78, 5) is 41.5. The van der Waals surface area contributed by atoms with E-state index in [4.69, 9.17) is 4.74 Å². The zero-order valence-corrected chi connectivity index (χ0v) is 16.6. The van der Waals surface area contributed by atoms with Gasteiger partial charge in [0, 0.05) is 31.1 Å². The molecule has 4 rings (SSSR count). The standard InChI is InChI=1S/C18H24N4O4S/c1-10-8-12(10)22-15(23)14-11(2)13(9-20-5-4-19-17(20)24)27-16(14)21(18(22)25)6-7-26-3/h10,12H,4-9H2,1-3H3,(H,19,24)/t10-,12?/m0/s1. The van der Waals surface area contributed by atoms with Crippen molar-refractivity contribution in [1.82, 2.24) is 19.4 Å². The number of nitrogens with zero attached hydrogens (tertiary/aromatic N) is 3. The molecule has 1 saturated carbocycles. The number of methoxy groups -OCH3 is 1. The number of fused-ring (bicyclic) bond motifs is 1. The minimum absolute atomic E-state index is 0.0182. The fraction of sp³-hybridized carbons (Fsp3) is 0.611. The van der Waals surface area contributed by atoms with Crippen LogP contribution in [0, 0.1) is 12.8 Å². The van der Waals surface area contributed by atoms with Crippen LogP contribution in [0.4, 0.5) is 4.79 Å². The zero-order valence-electron chi connectivity index (χ0n) is 15.8. The second-order valence-electron chi connectivity index (χ2n) is 7.37. The smallest absolute Gasteiger partial charge is 0.332 e. The number of carbonyl (C=O) groups is 1. The molecule has 0 spiro atoms. The minimum atomic E-state index is -0.259. The fourth-order valence-corrected chi connectivity index (χ4v) is 5.06. The highest BCUT2D eigenvalue weighted by Crippen LogP contribution is 2.41. The van der Waals surface area contributed by atoms with Crippen molar-refractivity contribution in [3.63, 3.8) is 0 Å². The Kier molecular flexibility index (Phi) is 4.59. The number of nitrogens with one attached hydrogen (secondary N) is 1. The quantitative estimate of drug-likeness (QED) is 0.803. The van der Waals surface area contributed by atoms with E-state index >= 15 is 0 Å². The number of hydrogen-bond donors (Lipinski definition) is 1. The number of hydrogen-bond acceptors (Lipinski definition) is 5. The summed E-state index contributed by atoms with van der Waals surface area (Å²) in [7, 11) is 1.60. The average Bonchev–Trinajstić information content (AvgIpc) is 3.04. The topological polar surface area (TPSA) is 85.6 Å². The van der Waals surface area contributed by atoms with Gasteiger partial charge in [-0.05, 0) is 24.8 Å². The molecule has 0 radical (unpaired) electrons. The lowest BCUT2D eigenvalue weighted by atomic mass is 10.2. The van der Waals surface area contributed by atoms with Crippen molar-refractivity contribution >= 4 is 27.6 Å². The predicted octanol–water partition coefficient (Wildman–Crippen LogP) is 1.29. The van der Waals surface area contributed by atoms with E-state index < -0.39 is 0 Å². The lowest BCUT2D eigenvalue weighted by Crippen LogP contribution is -2.40. The fourth-order valence-electron chi connectivity index (χ4n) is 3.73. The molecule has 1 N–H and O–H groups in total. The van der Waals surface area contributed by atoms with Gasteiger partial charge in [-0.15, -0.1) is 11.3 Å². The lowest BCUT2D eigenvalue weighted by molar-refractivity contribution is 0.186. The van der Waals surface area contributed by atoms with Gasteiger partial charge >= 0.3 is 11.7 Å². The maximum Gasteiger partial charge on any atom is 0.332 e. The maximum absolute atomic E-state index is 13.2. The first-order chi connectivity index (χ1) is 12.9. The maximum atomic E-state index is 13.2. The number of aryl methyl sites for hydroxylation is 1. The van der Waals surface area contributed by atoms with Crippen LogP contribution in [0.15, 0.2) is 9.59 Å². The van der Waals surface area contributed by atoms with Crippen LogP contribution >= 0.6 is 11.3 Å². The van der Waals surface area contributed by atoms with Crippen LogP contribution in [0.2, 0.25) is 0 Å². The summed E-state index contributed by atoms with van der Waals surface area (Å²) in [6.07, 6.45) is 0.856. The Balaban J connectivity index is 1.88. The van der Waals surface area contributed by atoms with Crippen molar-refractivity contribution in [3.8, 4) is 0 Å². The van der Waals surface area contributed by atoms with Gasteiger partial charge in [-0.3, -0.25) is 13.9 Å². The van der Waals surface area contributed by atoms with Crippen LogP contribution in [0.25, 0.3) is 10.2 Å². The van der Waals surface area contributed by atoms with Gasteiger partial charge in [-0.25, -0.2) is 9.59 Å². The Bertz CT molecular complexity index is 1020. The Morgan fingerprint density at radius 3 is 2.63 bits per heavy atom. The van der Waals surface area contributed by atoms with Crippen LogP contribution in [0.3, 0.4) is 0 Å². The van der Waals surface area contributed by atoms with E-state index in [9.17, 15) is 14.4 Å². The van der Waals surface area contributed by atoms with Gasteiger partial charge in [0.15, 0.2) is 0 Å². The van der Waals surface area contributed by atoms with E-state index in [1.54, 1.807) is 16.6 Å². The molecule has 2 aliphatic rings. The summed E-state index contributed by atoms with van der Waals surface area (Å²) in [5.74, 6) is 0.343. The number of rotatable bonds is 6. The molecule has 0 bridgehead atoms. The summed E-state index contributed by atoms with van der Waals surface area (Å²) in [5, 5.41) is 3.40. The second-order valence-corrected chi connectivity index (χ2v) is 8.45. The molecule has 1 unspecified atom stereocenters. The number of ether oxygens (including phenoxy) is 1. The van der Waals surface area contributed by atoms with Crippen molar-refractivity contribution in [2.24, 2.45) is 5.92 Å². The van der Waals surface area contributed by atoms with Gasteiger partial charge < -0.3 is 15.0 Å². The second kappa shape index (κ2) is 6.79. The molecule has 2 aromatic heterocycles. The molecule has 8 nitrogen and oxygen atoms in total. The van der Waals surface area contributed by atoms with Crippen molar-refractivity contribution in [1.29, 1.82) is 0 Å². The molecule has 1 aliphatic carbocycles. The number of aromatic nitrogens is 2. The third kappa shape index (κ3) is 2.98. The molecule has 1 saturated heterocycles. The van der Waals surface area contributed by atoms with Gasteiger partial charge in [0.1, 0.15) is 4.83 Å². The molecule has 27 heavy (non-hydrogen) atoms. The molecule has 0 aromatic carbocycles. The monoisotopic (exact) mass is 392 g/mol. The van der Waals surface area contributed by atoms with Gasteiger partial charge in [0.25, 0.3) is 5.56 Å². The first-order valence-electron chi connectivity index (χ1n) is 9.23. The highest BCUT2D eigenvalue weighted by atomic mass is 32.1. The van der Waals surface area contributed by atoms with Crippen LogP contribution in [-0.2, 0) is 17.8 Å². The molecule has 3 heterocycles. The third-order valence-electron chi connectivity index (χ3n) is 5.54. The average molecular weight is 392 g/mol. The largest absolute Gasteiger partial charge is 0.383 e. The van der Waals surface area contributed by atoms with Gasteiger partial charge in [-0.2, -0.15) is 0 Å². The highest BCUT2D eigenvalue weighted by molar-refractivity contribution is 7.18. The Morgan fingerprint density at radius 1 is 1.30 bits per heavy atom.